The number of aromatic nitrogens is 1. The van der Waals surface area contributed by atoms with Gasteiger partial charge in [-0.15, -0.1) is 0 Å². The first-order chi connectivity index (χ1) is 18.2. The number of nitrogens with two attached hydrogens (primary N) is 1. The number of unbranched alkanes of at least 4 members (excludes halogenated alkanes) is 2. The van der Waals surface area contributed by atoms with E-state index in [9.17, 15) is 19.4 Å². The third kappa shape index (κ3) is 8.00. The van der Waals surface area contributed by atoms with Gasteiger partial charge in [0.25, 0.3) is 0 Å². The smallest absolute Gasteiger partial charge is 0.222 e. The summed E-state index contributed by atoms with van der Waals surface area (Å²) in [4.78, 5) is 12.1. The van der Waals surface area contributed by atoms with Gasteiger partial charge in [-0.3, -0.25) is 10.2 Å². The summed E-state index contributed by atoms with van der Waals surface area (Å²) in [6.07, 6.45) is 4.48. The van der Waals surface area contributed by atoms with Crippen LogP contribution in [-0.4, -0.2) is 45.3 Å². The fourth-order valence-electron chi connectivity index (χ4n) is 4.70. The number of halogens is 1. The molecule has 3 aromatic rings. The summed E-state index contributed by atoms with van der Waals surface area (Å²) >= 11 is 0. The van der Waals surface area contributed by atoms with Gasteiger partial charge in [0.05, 0.1) is 24.5 Å². The van der Waals surface area contributed by atoms with Gasteiger partial charge >= 0.3 is 0 Å². The first-order valence-electron chi connectivity index (χ1n) is 13.2. The van der Waals surface area contributed by atoms with Crippen LogP contribution in [0.15, 0.2) is 54.6 Å². The molecule has 0 saturated carbocycles. The van der Waals surface area contributed by atoms with Crippen LogP contribution in [0.5, 0.6) is 0 Å². The Labute approximate surface area is 223 Å². The van der Waals surface area contributed by atoms with Crippen LogP contribution < -0.4 is 11.1 Å². The SMILES string of the molecule is CC(C)n1c(/C=C/[C@H](O)C[C@H](O)CC(=O)NCCCCCC(=N)N)c(-c2ccc(F)cc2)c2ccccc21. The molecule has 1 heterocycles. The Morgan fingerprint density at radius 3 is 2.50 bits per heavy atom. The lowest BCUT2D eigenvalue weighted by molar-refractivity contribution is -0.123. The number of aliphatic hydroxyl groups excluding tert-OH is 2. The van der Waals surface area contributed by atoms with Crippen LogP contribution in [0.1, 0.15) is 64.1 Å². The number of nitrogens with zero attached hydrogens (tertiary/aromatic N) is 1. The number of benzene rings is 2. The Morgan fingerprint density at radius 1 is 1.11 bits per heavy atom. The van der Waals surface area contributed by atoms with Gasteiger partial charge in [0.15, 0.2) is 0 Å². The molecule has 1 aromatic heterocycles. The molecule has 204 valence electrons. The van der Waals surface area contributed by atoms with E-state index in [0.717, 1.165) is 47.0 Å². The third-order valence-corrected chi connectivity index (χ3v) is 6.45. The molecule has 3 rings (SSSR count). The number of amides is 1. The molecular weight excluding hydrogens is 483 g/mol. The number of carbonyl (C=O) groups excluding carboxylic acids is 1. The minimum absolute atomic E-state index is 0.0241. The highest BCUT2D eigenvalue weighted by molar-refractivity contribution is 6.01. The summed E-state index contributed by atoms with van der Waals surface area (Å²) in [5, 5.41) is 32.0. The predicted molar refractivity (Wildman–Crippen MR) is 151 cm³/mol. The molecule has 0 bridgehead atoms. The summed E-state index contributed by atoms with van der Waals surface area (Å²) in [6.45, 7) is 4.67. The Morgan fingerprint density at radius 2 is 1.82 bits per heavy atom. The number of fused-ring (bicyclic) bond motifs is 1. The number of amidine groups is 1. The predicted octanol–water partition coefficient (Wildman–Crippen LogP) is 5.16. The summed E-state index contributed by atoms with van der Waals surface area (Å²) in [5.41, 5.74) is 9.06. The zero-order chi connectivity index (χ0) is 27.7. The minimum Gasteiger partial charge on any atom is -0.392 e. The van der Waals surface area contributed by atoms with Gasteiger partial charge < -0.3 is 25.8 Å². The molecule has 0 unspecified atom stereocenters. The minimum atomic E-state index is -0.986. The zero-order valence-electron chi connectivity index (χ0n) is 22.2. The second-order valence-corrected chi connectivity index (χ2v) is 9.95. The molecular formula is C30H39FN4O3. The first-order valence-corrected chi connectivity index (χ1v) is 13.2. The van der Waals surface area contributed by atoms with E-state index in [4.69, 9.17) is 11.1 Å². The van der Waals surface area contributed by atoms with E-state index in [1.54, 1.807) is 18.2 Å². The highest BCUT2D eigenvalue weighted by Gasteiger charge is 2.19. The van der Waals surface area contributed by atoms with E-state index in [0.29, 0.717) is 13.0 Å². The Kier molecular flexibility index (Phi) is 10.6. The topological polar surface area (TPSA) is 124 Å². The molecule has 0 aliphatic carbocycles. The zero-order valence-corrected chi connectivity index (χ0v) is 22.2. The summed E-state index contributed by atoms with van der Waals surface area (Å²) in [5.74, 6) is -0.402. The van der Waals surface area contributed by atoms with E-state index < -0.39 is 12.2 Å². The standard InChI is InChI=1S/C30H39FN4O3/c1-20(2)35-26-9-6-5-8-25(26)30(21-11-13-22(31)14-12-21)27(35)16-15-23(36)18-24(37)19-29(38)34-17-7-3-4-10-28(32)33/h5-6,8-9,11-16,20,23-24,36-37H,3-4,7,10,17-19H2,1-2H3,(H3,32,33)(H,34,38)/b16-15+/t23-,24-/m0/s1. The lowest BCUT2D eigenvalue weighted by atomic mass is 10.0. The molecule has 0 radical (unpaired) electrons. The molecule has 0 spiro atoms. The average molecular weight is 523 g/mol. The van der Waals surface area contributed by atoms with E-state index in [1.165, 1.54) is 12.1 Å². The molecule has 0 fully saturated rings. The Bertz CT molecular complexity index is 1250. The van der Waals surface area contributed by atoms with Crippen molar-refractivity contribution >= 4 is 28.7 Å². The second kappa shape index (κ2) is 13.9. The molecule has 2 atom stereocenters. The number of rotatable bonds is 14. The van der Waals surface area contributed by atoms with Crippen LogP contribution in [0.25, 0.3) is 28.1 Å². The van der Waals surface area contributed by atoms with Crippen molar-refractivity contribution in [2.75, 3.05) is 6.54 Å². The molecule has 38 heavy (non-hydrogen) atoms. The number of hydrogen-bond donors (Lipinski definition) is 5. The second-order valence-electron chi connectivity index (χ2n) is 9.95. The van der Waals surface area contributed by atoms with Crippen molar-refractivity contribution in [2.24, 2.45) is 5.73 Å². The highest BCUT2D eigenvalue weighted by Crippen LogP contribution is 2.38. The van der Waals surface area contributed by atoms with Crippen LogP contribution in [0, 0.1) is 11.2 Å². The third-order valence-electron chi connectivity index (χ3n) is 6.45. The lowest BCUT2D eigenvalue weighted by Crippen LogP contribution is -2.29. The lowest BCUT2D eigenvalue weighted by Gasteiger charge is -2.15. The maximum absolute atomic E-state index is 13.6. The van der Waals surface area contributed by atoms with E-state index in [1.807, 2.05) is 30.3 Å². The molecule has 8 heteroatoms. The highest BCUT2D eigenvalue weighted by atomic mass is 19.1. The van der Waals surface area contributed by atoms with Gasteiger partial charge in [-0.25, -0.2) is 4.39 Å². The van der Waals surface area contributed by atoms with Crippen LogP contribution in [0.4, 0.5) is 4.39 Å². The van der Waals surface area contributed by atoms with Gasteiger partial charge in [-0.1, -0.05) is 42.8 Å². The quantitative estimate of drug-likeness (QED) is 0.114. The van der Waals surface area contributed by atoms with E-state index >= 15 is 0 Å². The monoisotopic (exact) mass is 522 g/mol. The summed E-state index contributed by atoms with van der Waals surface area (Å²) < 4.78 is 15.8. The van der Waals surface area contributed by atoms with Crippen molar-refractivity contribution in [2.45, 2.75) is 70.6 Å². The maximum atomic E-state index is 13.6. The Hall–Kier alpha value is -3.49. The first kappa shape index (κ1) is 29.1. The van der Waals surface area contributed by atoms with Gasteiger partial charge in [0.2, 0.25) is 5.91 Å². The Balaban J connectivity index is 1.68. The largest absolute Gasteiger partial charge is 0.392 e. The average Bonchev–Trinajstić information content (AvgIpc) is 3.19. The number of para-hydroxylation sites is 1. The van der Waals surface area contributed by atoms with Crippen molar-refractivity contribution in [1.29, 1.82) is 5.41 Å². The van der Waals surface area contributed by atoms with Crippen LogP contribution in [-0.2, 0) is 4.79 Å². The van der Waals surface area contributed by atoms with Crippen molar-refractivity contribution in [1.82, 2.24) is 9.88 Å². The van der Waals surface area contributed by atoms with Crippen molar-refractivity contribution in [3.8, 4) is 11.1 Å². The summed E-state index contributed by atoms with van der Waals surface area (Å²) in [6, 6.07) is 14.5. The number of hydrogen-bond acceptors (Lipinski definition) is 4. The van der Waals surface area contributed by atoms with Crippen LogP contribution in [0.3, 0.4) is 0 Å². The fraction of sp³-hybridized carbons (Fsp3) is 0.400. The molecule has 7 nitrogen and oxygen atoms in total. The number of nitrogens with one attached hydrogen (secondary N) is 2. The van der Waals surface area contributed by atoms with E-state index in [-0.39, 0.29) is 36.4 Å². The molecule has 0 aliphatic rings. The van der Waals surface area contributed by atoms with Crippen LogP contribution in [0.2, 0.25) is 0 Å². The number of aliphatic hydroxyl groups is 2. The van der Waals surface area contributed by atoms with Gasteiger partial charge in [-0.05, 0) is 56.5 Å². The van der Waals surface area contributed by atoms with Crippen molar-refractivity contribution in [3.05, 3.63) is 66.1 Å². The molecule has 6 N–H and O–H groups in total. The molecule has 0 saturated heterocycles. The fourth-order valence-corrected chi connectivity index (χ4v) is 4.70. The van der Waals surface area contributed by atoms with Crippen LogP contribution >= 0.6 is 0 Å². The van der Waals surface area contributed by atoms with Gasteiger partial charge in [-0.2, -0.15) is 0 Å². The maximum Gasteiger partial charge on any atom is 0.222 e. The summed E-state index contributed by atoms with van der Waals surface area (Å²) in [7, 11) is 0. The number of carbonyl (C=O) groups is 1. The molecule has 1 amide bonds. The molecule has 2 aromatic carbocycles. The normalized spacial score (nSPS) is 13.3. The van der Waals surface area contributed by atoms with Crippen molar-refractivity contribution < 1.29 is 19.4 Å². The molecule has 0 aliphatic heterocycles. The van der Waals surface area contributed by atoms with E-state index in [2.05, 4.69) is 23.7 Å². The van der Waals surface area contributed by atoms with Crippen molar-refractivity contribution in [3.63, 3.8) is 0 Å². The van der Waals surface area contributed by atoms with Gasteiger partial charge in [0.1, 0.15) is 5.82 Å². The van der Waals surface area contributed by atoms with Gasteiger partial charge in [0, 0.05) is 47.6 Å².